The van der Waals surface area contributed by atoms with Crippen molar-refractivity contribution in [3.8, 4) is 62.9 Å². The van der Waals surface area contributed by atoms with E-state index >= 15 is 0 Å². The zero-order valence-electron chi connectivity index (χ0n) is 24.9. The molecule has 218 valence electrons. The second-order valence-corrected chi connectivity index (χ2v) is 11.1. The Bertz CT molecular complexity index is 2400. The Kier molecular flexibility index (Phi) is 6.76. The van der Waals surface area contributed by atoms with Crippen LogP contribution in [0.15, 0.2) is 140 Å². The molecule has 5 aromatic heterocycles. The summed E-state index contributed by atoms with van der Waals surface area (Å²) in [5.41, 5.74) is 10.9. The molecular formula is C40H23N7. The average Bonchev–Trinajstić information content (AvgIpc) is 3.48. The van der Waals surface area contributed by atoms with Crippen molar-refractivity contribution in [2.24, 2.45) is 0 Å². The van der Waals surface area contributed by atoms with E-state index in [2.05, 4.69) is 75.2 Å². The monoisotopic (exact) mass is 601 g/mol. The molecule has 0 unspecified atom stereocenters. The summed E-state index contributed by atoms with van der Waals surface area (Å²) in [6.45, 7) is 0. The summed E-state index contributed by atoms with van der Waals surface area (Å²) in [5.74, 6) is 0. The van der Waals surface area contributed by atoms with Gasteiger partial charge < -0.3 is 4.57 Å². The maximum atomic E-state index is 9.35. The number of benzene rings is 3. The first-order chi connectivity index (χ1) is 23.2. The van der Waals surface area contributed by atoms with Gasteiger partial charge >= 0.3 is 0 Å². The summed E-state index contributed by atoms with van der Waals surface area (Å²) in [7, 11) is 0. The molecule has 0 saturated heterocycles. The maximum absolute atomic E-state index is 9.35. The fourth-order valence-corrected chi connectivity index (χ4v) is 5.99. The molecule has 0 aliphatic heterocycles. The highest BCUT2D eigenvalue weighted by molar-refractivity contribution is 6.11. The van der Waals surface area contributed by atoms with Crippen LogP contribution in [0.5, 0.6) is 0 Å². The van der Waals surface area contributed by atoms with E-state index in [0.717, 1.165) is 72.5 Å². The van der Waals surface area contributed by atoms with Gasteiger partial charge in [-0.2, -0.15) is 10.5 Å². The Balaban J connectivity index is 1.28. The van der Waals surface area contributed by atoms with Crippen molar-refractivity contribution < 1.29 is 0 Å². The zero-order valence-corrected chi connectivity index (χ0v) is 24.9. The number of nitriles is 2. The predicted molar refractivity (Wildman–Crippen MR) is 183 cm³/mol. The summed E-state index contributed by atoms with van der Waals surface area (Å²) in [4.78, 5) is 18.4. The lowest BCUT2D eigenvalue weighted by atomic mass is 10.0. The van der Waals surface area contributed by atoms with E-state index < -0.39 is 0 Å². The first-order valence-corrected chi connectivity index (χ1v) is 15.0. The van der Waals surface area contributed by atoms with Crippen molar-refractivity contribution in [2.45, 2.75) is 0 Å². The summed E-state index contributed by atoms with van der Waals surface area (Å²) in [6, 6.07) is 43.0. The van der Waals surface area contributed by atoms with Crippen LogP contribution >= 0.6 is 0 Å². The van der Waals surface area contributed by atoms with Gasteiger partial charge in [-0.05, 0) is 60.7 Å². The maximum Gasteiger partial charge on any atom is 0.101 e. The molecular weight excluding hydrogens is 578 g/mol. The number of fused-ring (bicyclic) bond motifs is 3. The Morgan fingerprint density at radius 1 is 0.447 bits per heavy atom. The third-order valence-corrected chi connectivity index (χ3v) is 8.20. The third kappa shape index (κ3) is 5.04. The van der Waals surface area contributed by atoms with Gasteiger partial charge in [-0.1, -0.05) is 54.6 Å². The molecule has 8 rings (SSSR count). The molecule has 3 aromatic carbocycles. The van der Waals surface area contributed by atoms with Gasteiger partial charge in [0.05, 0.1) is 44.9 Å². The van der Waals surface area contributed by atoms with Crippen molar-refractivity contribution >= 4 is 21.8 Å². The van der Waals surface area contributed by atoms with Crippen LogP contribution in [-0.2, 0) is 0 Å². The van der Waals surface area contributed by atoms with Crippen LogP contribution in [0.2, 0.25) is 0 Å². The fourth-order valence-electron chi connectivity index (χ4n) is 5.99. The van der Waals surface area contributed by atoms with Gasteiger partial charge in [0.15, 0.2) is 0 Å². The second kappa shape index (κ2) is 11.5. The molecule has 7 heteroatoms. The largest absolute Gasteiger partial charge is 0.309 e. The smallest absolute Gasteiger partial charge is 0.101 e. The van der Waals surface area contributed by atoms with Crippen LogP contribution < -0.4 is 0 Å². The molecule has 0 amide bonds. The average molecular weight is 602 g/mol. The number of para-hydroxylation sites is 1. The van der Waals surface area contributed by atoms with Crippen molar-refractivity contribution in [3.05, 3.63) is 151 Å². The number of rotatable bonds is 5. The van der Waals surface area contributed by atoms with Crippen molar-refractivity contribution in [2.75, 3.05) is 0 Å². The molecule has 47 heavy (non-hydrogen) atoms. The molecule has 0 N–H and O–H groups in total. The molecule has 0 bridgehead atoms. The number of pyridine rings is 4. The first kappa shape index (κ1) is 27.6. The minimum Gasteiger partial charge on any atom is -0.309 e. The third-order valence-electron chi connectivity index (χ3n) is 8.20. The van der Waals surface area contributed by atoms with Crippen LogP contribution in [0.1, 0.15) is 11.1 Å². The quantitative estimate of drug-likeness (QED) is 0.195. The van der Waals surface area contributed by atoms with Gasteiger partial charge in [-0.25, -0.2) is 9.97 Å². The highest BCUT2D eigenvalue weighted by Gasteiger charge is 2.16. The Hall–Kier alpha value is -6.96. The van der Waals surface area contributed by atoms with Crippen LogP contribution in [0.3, 0.4) is 0 Å². The fraction of sp³-hybridized carbons (Fsp3) is 0. The lowest BCUT2D eigenvalue weighted by molar-refractivity contribution is 1.18. The minimum atomic E-state index is 0.495. The summed E-state index contributed by atoms with van der Waals surface area (Å²) in [6.07, 6.45) is 6.56. The van der Waals surface area contributed by atoms with E-state index in [1.165, 1.54) is 0 Å². The highest BCUT2D eigenvalue weighted by atomic mass is 15.0. The number of nitrogens with zero attached hydrogens (tertiary/aromatic N) is 7. The van der Waals surface area contributed by atoms with E-state index in [4.69, 9.17) is 9.97 Å². The van der Waals surface area contributed by atoms with Gasteiger partial charge in [0.1, 0.15) is 12.1 Å². The molecule has 5 heterocycles. The number of hydrogen-bond acceptors (Lipinski definition) is 6. The first-order valence-electron chi connectivity index (χ1n) is 15.0. The predicted octanol–water partition coefficient (Wildman–Crippen LogP) is 8.78. The molecule has 7 nitrogen and oxygen atoms in total. The van der Waals surface area contributed by atoms with E-state index in [9.17, 15) is 10.5 Å². The lowest BCUT2D eigenvalue weighted by Crippen LogP contribution is -1.95. The summed E-state index contributed by atoms with van der Waals surface area (Å²) >= 11 is 0. The van der Waals surface area contributed by atoms with Gasteiger partial charge in [0.2, 0.25) is 0 Å². The van der Waals surface area contributed by atoms with Crippen LogP contribution in [0.4, 0.5) is 0 Å². The number of hydrogen-bond donors (Lipinski definition) is 0. The van der Waals surface area contributed by atoms with Crippen LogP contribution in [0.25, 0.3) is 72.5 Å². The minimum absolute atomic E-state index is 0.495. The van der Waals surface area contributed by atoms with Crippen molar-refractivity contribution in [1.82, 2.24) is 24.5 Å². The van der Waals surface area contributed by atoms with Crippen LogP contribution in [0, 0.1) is 22.7 Å². The molecule has 0 spiro atoms. The van der Waals surface area contributed by atoms with E-state index in [1.54, 1.807) is 36.9 Å². The van der Waals surface area contributed by atoms with E-state index in [-0.39, 0.29) is 0 Å². The van der Waals surface area contributed by atoms with Crippen molar-refractivity contribution in [1.29, 1.82) is 10.5 Å². The molecule has 0 aliphatic rings. The molecule has 0 fully saturated rings. The number of aromatic nitrogens is 5. The van der Waals surface area contributed by atoms with Gasteiger partial charge in [0, 0.05) is 63.5 Å². The lowest BCUT2D eigenvalue weighted by Gasteiger charge is -2.10. The highest BCUT2D eigenvalue weighted by Crippen LogP contribution is 2.37. The normalized spacial score (nSPS) is 10.9. The topological polar surface area (TPSA) is 104 Å². The summed E-state index contributed by atoms with van der Waals surface area (Å²) in [5, 5.41) is 21.0. The Morgan fingerprint density at radius 3 is 1.38 bits per heavy atom. The Morgan fingerprint density at radius 2 is 0.915 bits per heavy atom. The summed E-state index contributed by atoms with van der Waals surface area (Å²) < 4.78 is 2.28. The Labute approximate surface area is 270 Å². The van der Waals surface area contributed by atoms with Gasteiger partial charge in [0.25, 0.3) is 0 Å². The zero-order chi connectivity index (χ0) is 31.7. The molecule has 8 aromatic rings. The van der Waals surface area contributed by atoms with Gasteiger partial charge in [-0.15, -0.1) is 0 Å². The molecule has 0 radical (unpaired) electrons. The molecule has 0 aliphatic carbocycles. The second-order valence-electron chi connectivity index (χ2n) is 11.1. The standard InChI is InChI=1S/C40H23N7/c41-20-26-16-30(24-43-22-26)37-10-4-8-35(45-37)28-12-14-33-34-15-13-29(19-40(34)47(39(33)18-28)32-6-2-1-3-7-32)36-9-5-11-38(46-36)31-17-27(21-42)23-44-25-31/h1-19,22-25H. The van der Waals surface area contributed by atoms with E-state index in [1.807, 2.05) is 54.6 Å². The van der Waals surface area contributed by atoms with E-state index in [0.29, 0.717) is 11.1 Å². The molecule has 0 atom stereocenters. The molecule has 0 saturated carbocycles. The van der Waals surface area contributed by atoms with Crippen molar-refractivity contribution in [3.63, 3.8) is 0 Å². The van der Waals surface area contributed by atoms with Crippen LogP contribution in [-0.4, -0.2) is 24.5 Å². The van der Waals surface area contributed by atoms with Gasteiger partial charge in [-0.3, -0.25) is 9.97 Å². The SMILES string of the molecule is N#Cc1cncc(-c2cccc(-c3ccc4c5ccc(-c6cccc(-c7cncc(C#N)c7)n6)cc5n(-c5ccccc5)c4c3)n2)c1.